The molecule has 1 aromatic heterocycles. The Bertz CT molecular complexity index is 481. The lowest BCUT2D eigenvalue weighted by atomic mass is 10.2. The predicted molar refractivity (Wildman–Crippen MR) is 83.2 cm³/mol. The Morgan fingerprint density at radius 2 is 2.40 bits per heavy atom. The van der Waals surface area contributed by atoms with E-state index in [2.05, 4.69) is 17.2 Å². The molecule has 1 aromatic rings. The summed E-state index contributed by atoms with van der Waals surface area (Å²) in [6, 6.07) is 1.96. The van der Waals surface area contributed by atoms with Crippen LogP contribution >= 0.6 is 11.8 Å². The van der Waals surface area contributed by atoms with Crippen molar-refractivity contribution in [2.45, 2.75) is 37.5 Å². The molecular formula is C14H21N3O2S. The molecule has 1 aliphatic rings. The summed E-state index contributed by atoms with van der Waals surface area (Å²) < 4.78 is 4.71. The lowest BCUT2D eigenvalue weighted by Crippen LogP contribution is -2.19. The molecule has 5 nitrogen and oxygen atoms in total. The third kappa shape index (κ3) is 3.36. The molecule has 6 heteroatoms. The number of methoxy groups -OCH3 is 1. The Kier molecular flexibility index (Phi) is 5.11. The second-order valence-electron chi connectivity index (χ2n) is 4.84. The number of hydrogen-bond acceptors (Lipinski definition) is 6. The van der Waals surface area contributed by atoms with Crippen molar-refractivity contribution in [3.63, 3.8) is 0 Å². The van der Waals surface area contributed by atoms with Gasteiger partial charge in [-0.15, -0.1) is 0 Å². The Morgan fingerprint density at radius 1 is 1.60 bits per heavy atom. The number of aromatic nitrogens is 1. The van der Waals surface area contributed by atoms with Gasteiger partial charge in [0.2, 0.25) is 0 Å². The minimum absolute atomic E-state index is 0.363. The fraction of sp³-hybridized carbons (Fsp3) is 0.571. The molecule has 0 radical (unpaired) electrons. The zero-order valence-electron chi connectivity index (χ0n) is 11.9. The van der Waals surface area contributed by atoms with E-state index in [0.717, 1.165) is 18.6 Å². The quantitative estimate of drug-likeness (QED) is 0.813. The van der Waals surface area contributed by atoms with Crippen LogP contribution in [0.4, 0.5) is 11.5 Å². The Labute approximate surface area is 123 Å². The van der Waals surface area contributed by atoms with E-state index in [0.29, 0.717) is 28.4 Å². The molecule has 0 saturated heterocycles. The highest BCUT2D eigenvalue weighted by molar-refractivity contribution is 7.99. The van der Waals surface area contributed by atoms with Crippen molar-refractivity contribution in [3.05, 3.63) is 17.8 Å². The number of thioether (sulfide) groups is 1. The van der Waals surface area contributed by atoms with Crippen molar-refractivity contribution < 1.29 is 9.53 Å². The van der Waals surface area contributed by atoms with E-state index in [4.69, 9.17) is 10.5 Å². The van der Waals surface area contributed by atoms with Crippen molar-refractivity contribution in [2.75, 3.05) is 23.9 Å². The maximum Gasteiger partial charge on any atom is 0.340 e. The molecule has 0 aromatic carbocycles. The van der Waals surface area contributed by atoms with E-state index < -0.39 is 5.97 Å². The topological polar surface area (TPSA) is 77.2 Å². The number of nitrogens with two attached hydrogens (primary N) is 1. The van der Waals surface area contributed by atoms with Gasteiger partial charge in [-0.05, 0) is 31.1 Å². The number of hydrogen-bond donors (Lipinski definition) is 2. The van der Waals surface area contributed by atoms with Crippen molar-refractivity contribution in [2.24, 2.45) is 0 Å². The molecule has 3 N–H and O–H groups in total. The van der Waals surface area contributed by atoms with Gasteiger partial charge in [-0.25, -0.2) is 9.78 Å². The summed E-state index contributed by atoms with van der Waals surface area (Å²) in [5.41, 5.74) is 6.73. The second-order valence-corrected chi connectivity index (χ2v) is 6.42. The first-order valence-electron chi connectivity index (χ1n) is 6.86. The highest BCUT2D eigenvalue weighted by atomic mass is 32.2. The number of nitrogens with zero attached hydrogens (tertiary/aromatic N) is 1. The molecule has 1 heterocycles. The standard InChI is InChI=1S/C14H21N3O2S/c1-3-20-10-5-4-9(8-10)17-13-12(15)11(6-7-16-13)14(18)19-2/h6-7,9-10H,3-5,8,15H2,1-2H3,(H,16,17). The summed E-state index contributed by atoms with van der Waals surface area (Å²) in [5, 5.41) is 4.07. The van der Waals surface area contributed by atoms with Crippen molar-refractivity contribution in [3.8, 4) is 0 Å². The van der Waals surface area contributed by atoms with Crippen LogP contribution in [0.3, 0.4) is 0 Å². The van der Waals surface area contributed by atoms with Crippen molar-refractivity contribution >= 4 is 29.2 Å². The molecule has 110 valence electrons. The number of carbonyl (C=O) groups is 1. The minimum Gasteiger partial charge on any atom is -0.465 e. The molecule has 0 spiro atoms. The van der Waals surface area contributed by atoms with Gasteiger partial charge in [-0.2, -0.15) is 11.8 Å². The van der Waals surface area contributed by atoms with Gasteiger partial charge < -0.3 is 15.8 Å². The summed E-state index contributed by atoms with van der Waals surface area (Å²) in [4.78, 5) is 15.8. The van der Waals surface area contributed by atoms with Gasteiger partial charge in [0.25, 0.3) is 0 Å². The summed E-state index contributed by atoms with van der Waals surface area (Å²) >= 11 is 2.00. The average molecular weight is 295 g/mol. The fourth-order valence-corrected chi connectivity index (χ4v) is 3.67. The van der Waals surface area contributed by atoms with Gasteiger partial charge in [-0.1, -0.05) is 6.92 Å². The van der Waals surface area contributed by atoms with E-state index >= 15 is 0 Å². The number of esters is 1. The van der Waals surface area contributed by atoms with Gasteiger partial charge in [0, 0.05) is 17.5 Å². The maximum absolute atomic E-state index is 11.6. The van der Waals surface area contributed by atoms with Crippen LogP contribution in [-0.4, -0.2) is 35.1 Å². The SMILES string of the molecule is CCSC1CCC(Nc2nccc(C(=O)OC)c2N)C1. The summed E-state index contributed by atoms with van der Waals surface area (Å²) in [5.74, 6) is 1.30. The number of nitrogens with one attached hydrogen (secondary N) is 1. The highest BCUT2D eigenvalue weighted by Crippen LogP contribution is 2.32. The maximum atomic E-state index is 11.6. The zero-order valence-corrected chi connectivity index (χ0v) is 12.7. The summed E-state index contributed by atoms with van der Waals surface area (Å²) in [6.07, 6.45) is 5.02. The van der Waals surface area contributed by atoms with Crippen LogP contribution in [0, 0.1) is 0 Å². The zero-order chi connectivity index (χ0) is 14.5. The normalized spacial score (nSPS) is 21.7. The van der Waals surface area contributed by atoms with Crippen LogP contribution in [-0.2, 0) is 4.74 Å². The van der Waals surface area contributed by atoms with Gasteiger partial charge in [-0.3, -0.25) is 0 Å². The summed E-state index contributed by atoms with van der Waals surface area (Å²) in [7, 11) is 1.35. The molecule has 1 fully saturated rings. The number of rotatable bonds is 5. The van der Waals surface area contributed by atoms with Crippen LogP contribution < -0.4 is 11.1 Å². The van der Waals surface area contributed by atoms with Gasteiger partial charge in [0.05, 0.1) is 18.4 Å². The molecule has 2 rings (SSSR count). The summed E-state index contributed by atoms with van der Waals surface area (Å²) in [6.45, 7) is 2.19. The van der Waals surface area contributed by atoms with E-state index in [1.165, 1.54) is 13.5 Å². The third-order valence-corrected chi connectivity index (χ3v) is 4.76. The Morgan fingerprint density at radius 3 is 3.10 bits per heavy atom. The molecule has 0 aliphatic heterocycles. The first-order chi connectivity index (χ1) is 9.65. The van der Waals surface area contributed by atoms with Crippen molar-refractivity contribution in [1.29, 1.82) is 0 Å². The molecule has 0 amide bonds. The minimum atomic E-state index is -0.432. The van der Waals surface area contributed by atoms with Gasteiger partial charge >= 0.3 is 5.97 Å². The van der Waals surface area contributed by atoms with Crippen LogP contribution in [0.5, 0.6) is 0 Å². The largest absolute Gasteiger partial charge is 0.465 e. The molecule has 1 aliphatic carbocycles. The van der Waals surface area contributed by atoms with Crippen LogP contribution in [0.25, 0.3) is 0 Å². The van der Waals surface area contributed by atoms with E-state index in [1.807, 2.05) is 11.8 Å². The fourth-order valence-electron chi connectivity index (χ4n) is 2.53. The van der Waals surface area contributed by atoms with Gasteiger partial charge in [0.1, 0.15) is 5.82 Å². The van der Waals surface area contributed by atoms with Crippen LogP contribution in [0.2, 0.25) is 0 Å². The molecule has 2 atom stereocenters. The van der Waals surface area contributed by atoms with Crippen LogP contribution in [0.15, 0.2) is 12.3 Å². The molecule has 2 unspecified atom stereocenters. The molecule has 1 saturated carbocycles. The van der Waals surface area contributed by atoms with Crippen LogP contribution in [0.1, 0.15) is 36.5 Å². The monoisotopic (exact) mass is 295 g/mol. The predicted octanol–water partition coefficient (Wildman–Crippen LogP) is 2.54. The molecular weight excluding hydrogens is 274 g/mol. The number of ether oxygens (including phenoxy) is 1. The van der Waals surface area contributed by atoms with E-state index in [1.54, 1.807) is 12.3 Å². The first kappa shape index (κ1) is 15.0. The Balaban J connectivity index is 2.05. The highest BCUT2D eigenvalue weighted by Gasteiger charge is 2.25. The molecule has 20 heavy (non-hydrogen) atoms. The number of nitrogen functional groups attached to an aromatic ring is 1. The smallest absolute Gasteiger partial charge is 0.340 e. The first-order valence-corrected chi connectivity index (χ1v) is 7.91. The second kappa shape index (κ2) is 6.83. The number of carbonyl (C=O) groups excluding carboxylic acids is 1. The average Bonchev–Trinajstić information content (AvgIpc) is 2.88. The number of pyridine rings is 1. The third-order valence-electron chi connectivity index (χ3n) is 3.52. The lowest BCUT2D eigenvalue weighted by Gasteiger charge is -2.16. The lowest BCUT2D eigenvalue weighted by molar-refractivity contribution is 0.0602. The van der Waals surface area contributed by atoms with E-state index in [9.17, 15) is 4.79 Å². The number of anilines is 2. The molecule has 0 bridgehead atoms. The Hall–Kier alpha value is -1.43. The van der Waals surface area contributed by atoms with E-state index in [-0.39, 0.29) is 0 Å². The van der Waals surface area contributed by atoms with Gasteiger partial charge in [0.15, 0.2) is 0 Å². The van der Waals surface area contributed by atoms with Crippen molar-refractivity contribution in [1.82, 2.24) is 4.98 Å².